The van der Waals surface area contributed by atoms with Gasteiger partial charge in [-0.25, -0.2) is 0 Å². The van der Waals surface area contributed by atoms with E-state index in [9.17, 15) is 4.79 Å². The van der Waals surface area contributed by atoms with Crippen molar-refractivity contribution >= 4 is 5.91 Å². The Balaban J connectivity index is 1.46. The Hall–Kier alpha value is -0.570. The van der Waals surface area contributed by atoms with E-state index >= 15 is 0 Å². The maximum atomic E-state index is 13.0. The molecule has 5 rings (SSSR count). The van der Waals surface area contributed by atoms with Gasteiger partial charge in [0, 0.05) is 18.6 Å². The molecule has 1 heterocycles. The summed E-state index contributed by atoms with van der Waals surface area (Å²) in [5.41, 5.74) is 0.447. The monoisotopic (exact) mass is 290 g/mol. The van der Waals surface area contributed by atoms with Crippen molar-refractivity contribution in [1.29, 1.82) is 0 Å². The Bertz CT molecular complexity index is 424. The fourth-order valence-electron chi connectivity index (χ4n) is 6.45. The second kappa shape index (κ2) is 4.71. The summed E-state index contributed by atoms with van der Waals surface area (Å²) in [5.74, 6) is 2.04. The molecular formula is C18H30N2O. The van der Waals surface area contributed by atoms with Gasteiger partial charge < -0.3 is 10.6 Å². The Morgan fingerprint density at radius 1 is 1.14 bits per heavy atom. The summed E-state index contributed by atoms with van der Waals surface area (Å²) in [5, 5.41) is 6.92. The molecule has 1 amide bonds. The first-order chi connectivity index (χ1) is 9.96. The Kier molecular flexibility index (Phi) is 3.15. The van der Waals surface area contributed by atoms with Crippen molar-refractivity contribution in [3.63, 3.8) is 0 Å². The first-order valence-electron chi connectivity index (χ1n) is 9.01. The fourth-order valence-corrected chi connectivity index (χ4v) is 6.45. The van der Waals surface area contributed by atoms with E-state index in [1.165, 1.54) is 38.5 Å². The van der Waals surface area contributed by atoms with Crippen LogP contribution in [-0.2, 0) is 4.79 Å². The largest absolute Gasteiger partial charge is 0.352 e. The second-order valence-corrected chi connectivity index (χ2v) is 9.11. The van der Waals surface area contributed by atoms with E-state index in [4.69, 9.17) is 0 Å². The zero-order valence-electron chi connectivity index (χ0n) is 13.6. The van der Waals surface area contributed by atoms with Gasteiger partial charge in [-0.2, -0.15) is 0 Å². The SMILES string of the molecule is CC1CCC(NC(=O)C23CC4CC(CC(C)(C4)C2)C3)CN1. The van der Waals surface area contributed by atoms with Crippen molar-refractivity contribution in [3.8, 4) is 0 Å². The molecule has 1 saturated heterocycles. The molecule has 4 unspecified atom stereocenters. The van der Waals surface area contributed by atoms with E-state index in [1.54, 1.807) is 0 Å². The van der Waals surface area contributed by atoms with E-state index in [2.05, 4.69) is 24.5 Å². The molecule has 0 aromatic carbocycles. The van der Waals surface area contributed by atoms with Crippen LogP contribution in [0, 0.1) is 22.7 Å². The number of amides is 1. The minimum atomic E-state index is -0.0120. The van der Waals surface area contributed by atoms with Crippen molar-refractivity contribution in [2.45, 2.75) is 77.3 Å². The third-order valence-corrected chi connectivity index (χ3v) is 6.83. The van der Waals surface area contributed by atoms with Crippen LogP contribution in [0.1, 0.15) is 65.2 Å². The molecule has 4 bridgehead atoms. The smallest absolute Gasteiger partial charge is 0.226 e. The zero-order chi connectivity index (χ0) is 14.7. The van der Waals surface area contributed by atoms with E-state index in [1.807, 2.05) is 0 Å². The van der Waals surface area contributed by atoms with Gasteiger partial charge in [-0.1, -0.05) is 6.92 Å². The van der Waals surface area contributed by atoms with Crippen molar-refractivity contribution in [1.82, 2.24) is 10.6 Å². The van der Waals surface area contributed by atoms with Crippen LogP contribution in [0.2, 0.25) is 0 Å². The molecule has 0 aromatic heterocycles. The lowest BCUT2D eigenvalue weighted by atomic mass is 9.44. The molecule has 21 heavy (non-hydrogen) atoms. The predicted octanol–water partition coefficient (Wildman–Crippen LogP) is 2.85. The standard InChI is InChI=1S/C18H30N2O/c1-12-3-4-15(10-19-12)20-16(21)18-8-13-5-14(9-18)7-17(2,6-13)11-18/h12-15,19H,3-11H2,1-2H3,(H,20,21). The van der Waals surface area contributed by atoms with Crippen LogP contribution in [0.25, 0.3) is 0 Å². The Morgan fingerprint density at radius 3 is 2.43 bits per heavy atom. The molecule has 0 radical (unpaired) electrons. The highest BCUT2D eigenvalue weighted by Crippen LogP contribution is 2.65. The van der Waals surface area contributed by atoms with Gasteiger partial charge in [0.1, 0.15) is 0 Å². The van der Waals surface area contributed by atoms with E-state index in [0.29, 0.717) is 23.4 Å². The maximum Gasteiger partial charge on any atom is 0.226 e. The molecule has 3 nitrogen and oxygen atoms in total. The maximum absolute atomic E-state index is 13.0. The quantitative estimate of drug-likeness (QED) is 0.821. The van der Waals surface area contributed by atoms with Crippen molar-refractivity contribution < 1.29 is 4.79 Å². The van der Waals surface area contributed by atoms with Crippen LogP contribution < -0.4 is 10.6 Å². The lowest BCUT2D eigenvalue weighted by Crippen LogP contribution is -2.59. The number of piperidine rings is 1. The molecule has 4 saturated carbocycles. The van der Waals surface area contributed by atoms with Crippen LogP contribution in [-0.4, -0.2) is 24.5 Å². The van der Waals surface area contributed by atoms with E-state index in [0.717, 1.165) is 31.2 Å². The third kappa shape index (κ3) is 2.42. The Morgan fingerprint density at radius 2 is 1.86 bits per heavy atom. The summed E-state index contributed by atoms with van der Waals surface area (Å²) in [7, 11) is 0. The second-order valence-electron chi connectivity index (χ2n) is 9.11. The van der Waals surface area contributed by atoms with E-state index in [-0.39, 0.29) is 5.41 Å². The molecule has 5 fully saturated rings. The number of carbonyl (C=O) groups excluding carboxylic acids is 1. The highest BCUT2D eigenvalue weighted by atomic mass is 16.2. The van der Waals surface area contributed by atoms with Gasteiger partial charge in [0.2, 0.25) is 5.91 Å². The first-order valence-corrected chi connectivity index (χ1v) is 9.01. The van der Waals surface area contributed by atoms with E-state index < -0.39 is 0 Å². The van der Waals surface area contributed by atoms with Crippen LogP contribution in [0.3, 0.4) is 0 Å². The van der Waals surface area contributed by atoms with Crippen LogP contribution in [0.5, 0.6) is 0 Å². The summed E-state index contributed by atoms with van der Waals surface area (Å²) in [6.07, 6.45) is 9.95. The molecular weight excluding hydrogens is 260 g/mol. The number of hydrogen-bond acceptors (Lipinski definition) is 2. The molecule has 0 spiro atoms. The summed E-state index contributed by atoms with van der Waals surface area (Å²) < 4.78 is 0. The minimum Gasteiger partial charge on any atom is -0.352 e. The van der Waals surface area contributed by atoms with Crippen LogP contribution in [0.15, 0.2) is 0 Å². The molecule has 4 aliphatic carbocycles. The zero-order valence-corrected chi connectivity index (χ0v) is 13.6. The van der Waals surface area contributed by atoms with Crippen molar-refractivity contribution in [3.05, 3.63) is 0 Å². The molecule has 4 atom stereocenters. The molecule has 118 valence electrons. The third-order valence-electron chi connectivity index (χ3n) is 6.83. The van der Waals surface area contributed by atoms with Crippen molar-refractivity contribution in [2.75, 3.05) is 6.54 Å². The number of nitrogens with one attached hydrogen (secondary N) is 2. The van der Waals surface area contributed by atoms with Crippen LogP contribution in [0.4, 0.5) is 0 Å². The highest BCUT2D eigenvalue weighted by molar-refractivity contribution is 5.83. The lowest BCUT2D eigenvalue weighted by molar-refractivity contribution is -0.156. The molecule has 5 aliphatic rings. The predicted molar refractivity (Wildman–Crippen MR) is 83.9 cm³/mol. The van der Waals surface area contributed by atoms with Gasteiger partial charge in [-0.05, 0) is 75.5 Å². The summed E-state index contributed by atoms with van der Waals surface area (Å²) in [6.45, 7) is 5.63. The summed E-state index contributed by atoms with van der Waals surface area (Å²) in [6, 6.07) is 0.964. The molecule has 1 aliphatic heterocycles. The number of carbonyl (C=O) groups is 1. The number of rotatable bonds is 2. The Labute approximate surface area is 128 Å². The lowest BCUT2D eigenvalue weighted by Gasteiger charge is -2.60. The average Bonchev–Trinajstić information content (AvgIpc) is 2.38. The normalized spacial score (nSPS) is 51.9. The minimum absolute atomic E-state index is 0.0120. The average molecular weight is 290 g/mol. The van der Waals surface area contributed by atoms with Gasteiger partial charge in [0.05, 0.1) is 5.41 Å². The molecule has 2 N–H and O–H groups in total. The van der Waals surface area contributed by atoms with Gasteiger partial charge in [-0.15, -0.1) is 0 Å². The molecule has 0 aromatic rings. The first kappa shape index (κ1) is 14.0. The number of hydrogen-bond donors (Lipinski definition) is 2. The van der Waals surface area contributed by atoms with Crippen molar-refractivity contribution in [2.24, 2.45) is 22.7 Å². The van der Waals surface area contributed by atoms with Gasteiger partial charge >= 0.3 is 0 Å². The summed E-state index contributed by atoms with van der Waals surface area (Å²) in [4.78, 5) is 13.0. The molecule has 3 heteroatoms. The topological polar surface area (TPSA) is 41.1 Å². The van der Waals surface area contributed by atoms with Crippen LogP contribution >= 0.6 is 0 Å². The van der Waals surface area contributed by atoms with Gasteiger partial charge in [0.15, 0.2) is 0 Å². The van der Waals surface area contributed by atoms with Gasteiger partial charge in [0.25, 0.3) is 0 Å². The highest BCUT2D eigenvalue weighted by Gasteiger charge is 2.58. The summed E-state index contributed by atoms with van der Waals surface area (Å²) >= 11 is 0. The van der Waals surface area contributed by atoms with Gasteiger partial charge in [-0.3, -0.25) is 4.79 Å². The fraction of sp³-hybridized carbons (Fsp3) is 0.944.